The van der Waals surface area contributed by atoms with Gasteiger partial charge in [0.25, 0.3) is 0 Å². The second kappa shape index (κ2) is 4.90. The lowest BCUT2D eigenvalue weighted by Crippen LogP contribution is -2.72. The second-order valence-corrected chi connectivity index (χ2v) is 7.01. The summed E-state index contributed by atoms with van der Waals surface area (Å²) in [4.78, 5) is 0. The van der Waals surface area contributed by atoms with E-state index in [-0.39, 0.29) is 16.8 Å². The second-order valence-electron chi connectivity index (χ2n) is 7.01. The third kappa shape index (κ3) is 2.00. The number of hydrogen-bond donors (Lipinski definition) is 0. The molecule has 2 atom stereocenters. The highest BCUT2D eigenvalue weighted by Crippen LogP contribution is 2.52. The molecule has 2 unspecified atom stereocenters. The van der Waals surface area contributed by atoms with Gasteiger partial charge in [0.15, 0.2) is 19.1 Å². The lowest BCUT2D eigenvalue weighted by atomic mass is 9.84. The molecule has 2 aromatic carbocycles. The number of halogens is 1. The monoisotopic (exact) mass is 298 g/mol. The standard InChI is InChI=1S/C19H23FN2/c1-21-12-14-22(20,15-13-21)19(17-10-6-3-7-11-17)18(21)16-8-4-2-5-9-16/h2-11,18-19H,12-15H2,1H3/q+2. The van der Waals surface area contributed by atoms with Gasteiger partial charge in [-0.05, 0) is 4.48 Å². The molecule has 0 saturated carbocycles. The van der Waals surface area contributed by atoms with Crippen LogP contribution in [0.2, 0.25) is 0 Å². The van der Waals surface area contributed by atoms with Crippen molar-refractivity contribution in [2.24, 2.45) is 0 Å². The summed E-state index contributed by atoms with van der Waals surface area (Å²) >= 11 is 0. The molecular weight excluding hydrogens is 275 g/mol. The van der Waals surface area contributed by atoms with Crippen molar-refractivity contribution in [3.63, 3.8) is 0 Å². The molecule has 0 N–H and O–H groups in total. The van der Waals surface area contributed by atoms with Crippen LogP contribution in [0.5, 0.6) is 0 Å². The number of benzene rings is 2. The molecule has 3 heterocycles. The van der Waals surface area contributed by atoms with Crippen molar-refractivity contribution in [3.8, 4) is 0 Å². The van der Waals surface area contributed by atoms with Crippen molar-refractivity contribution in [2.45, 2.75) is 12.1 Å². The van der Waals surface area contributed by atoms with Gasteiger partial charge >= 0.3 is 0 Å². The SMILES string of the molecule is C[N+]12CC[N+](F)(CC1)C(c1ccccc1)C2c1ccccc1. The highest BCUT2D eigenvalue weighted by molar-refractivity contribution is 5.26. The van der Waals surface area contributed by atoms with Gasteiger partial charge < -0.3 is 4.48 Å². The quantitative estimate of drug-likeness (QED) is 0.586. The van der Waals surface area contributed by atoms with E-state index in [4.69, 9.17) is 0 Å². The average molecular weight is 298 g/mol. The van der Waals surface area contributed by atoms with Gasteiger partial charge in [-0.15, -0.1) is 4.71 Å². The summed E-state index contributed by atoms with van der Waals surface area (Å²) in [6.45, 7) is 3.08. The first-order valence-electron chi connectivity index (χ1n) is 8.13. The van der Waals surface area contributed by atoms with Crippen molar-refractivity contribution in [1.82, 2.24) is 0 Å². The van der Waals surface area contributed by atoms with Crippen LogP contribution in [0.1, 0.15) is 23.2 Å². The first kappa shape index (κ1) is 13.9. The van der Waals surface area contributed by atoms with Crippen LogP contribution in [-0.2, 0) is 0 Å². The van der Waals surface area contributed by atoms with Crippen LogP contribution in [0.4, 0.5) is 4.48 Å². The summed E-state index contributed by atoms with van der Waals surface area (Å²) in [5.74, 6) is 0. The van der Waals surface area contributed by atoms with Crippen molar-refractivity contribution < 1.29 is 13.7 Å². The van der Waals surface area contributed by atoms with E-state index < -0.39 is 0 Å². The van der Waals surface area contributed by atoms with E-state index in [1.807, 2.05) is 24.3 Å². The number of rotatable bonds is 2. The Balaban J connectivity index is 1.88. The number of nitrogens with zero attached hydrogens (tertiary/aromatic N) is 2. The Bertz CT molecular complexity index is 588. The Hall–Kier alpha value is -1.71. The molecule has 3 aliphatic heterocycles. The predicted octanol–water partition coefficient (Wildman–Crippen LogP) is 3.64. The van der Waals surface area contributed by atoms with Gasteiger partial charge in [-0.2, -0.15) is 0 Å². The molecule has 3 heteroatoms. The summed E-state index contributed by atoms with van der Waals surface area (Å²) in [7, 11) is 2.30. The minimum atomic E-state index is -0.308. The number of hydrogen-bond acceptors (Lipinski definition) is 0. The van der Waals surface area contributed by atoms with Gasteiger partial charge in [0, 0.05) is 11.1 Å². The Morgan fingerprint density at radius 1 is 0.727 bits per heavy atom. The smallest absolute Gasteiger partial charge is 0.207 e. The molecule has 0 aliphatic carbocycles. The molecule has 2 bridgehead atoms. The molecule has 5 rings (SSSR count). The molecule has 0 aromatic heterocycles. The van der Waals surface area contributed by atoms with Crippen LogP contribution < -0.4 is 0 Å². The highest BCUT2D eigenvalue weighted by atomic mass is 19.2. The minimum absolute atomic E-state index is 0.101. The highest BCUT2D eigenvalue weighted by Gasteiger charge is 2.63. The number of likely N-dealkylation sites (N-methyl/N-ethyl adjacent to an activating group) is 1. The van der Waals surface area contributed by atoms with E-state index in [0.29, 0.717) is 13.1 Å². The first-order chi connectivity index (χ1) is 10.6. The zero-order chi connectivity index (χ0) is 15.2. The first-order valence-corrected chi connectivity index (χ1v) is 8.13. The zero-order valence-corrected chi connectivity index (χ0v) is 13.0. The topological polar surface area (TPSA) is 0 Å². The van der Waals surface area contributed by atoms with Crippen LogP contribution >= 0.6 is 0 Å². The molecule has 0 amide bonds. The maximum Gasteiger partial charge on any atom is 0.207 e. The zero-order valence-electron chi connectivity index (χ0n) is 13.0. The summed E-state index contributed by atoms with van der Waals surface area (Å²) in [6.07, 6.45) is 0. The van der Waals surface area contributed by atoms with Gasteiger partial charge in [0.05, 0.1) is 7.05 Å². The molecule has 2 nitrogen and oxygen atoms in total. The molecule has 2 aromatic rings. The normalized spacial score (nSPS) is 37.2. The average Bonchev–Trinajstić information content (AvgIpc) is 2.57. The number of quaternary nitrogens is 2. The fourth-order valence-electron chi connectivity index (χ4n) is 4.46. The molecule has 3 fully saturated rings. The van der Waals surface area contributed by atoms with Gasteiger partial charge in [-0.25, -0.2) is 0 Å². The van der Waals surface area contributed by atoms with E-state index in [9.17, 15) is 0 Å². The van der Waals surface area contributed by atoms with E-state index in [0.717, 1.165) is 23.1 Å². The summed E-state index contributed by atoms with van der Waals surface area (Å²) in [5.41, 5.74) is 2.39. The van der Waals surface area contributed by atoms with E-state index in [2.05, 4.69) is 43.4 Å². The fourth-order valence-corrected chi connectivity index (χ4v) is 4.46. The fraction of sp³-hybridized carbons (Fsp3) is 0.368. The van der Waals surface area contributed by atoms with E-state index in [1.54, 1.807) is 0 Å². The molecule has 0 radical (unpaired) electrons. The Kier molecular flexibility index (Phi) is 3.10. The summed E-state index contributed by atoms with van der Waals surface area (Å²) in [6, 6.07) is 20.9. The lowest BCUT2D eigenvalue weighted by Gasteiger charge is -2.56. The summed E-state index contributed by atoms with van der Waals surface area (Å²) < 4.78 is 16.4. The molecule has 114 valence electrons. The van der Waals surface area contributed by atoms with Crippen molar-refractivity contribution >= 4 is 0 Å². The molecule has 3 saturated heterocycles. The molecule has 3 aliphatic rings. The number of fused-ring (bicyclic) bond motifs is 3. The van der Waals surface area contributed by atoms with Crippen molar-refractivity contribution in [1.29, 1.82) is 0 Å². The van der Waals surface area contributed by atoms with E-state index >= 15 is 4.48 Å². The molecule has 0 spiro atoms. The number of piperazine rings is 3. The maximum absolute atomic E-state index is 15.7. The Morgan fingerprint density at radius 2 is 1.18 bits per heavy atom. The Labute approximate surface area is 131 Å². The van der Waals surface area contributed by atoms with E-state index in [1.165, 1.54) is 5.56 Å². The third-order valence-electron chi connectivity index (χ3n) is 5.72. The van der Waals surface area contributed by atoms with Gasteiger partial charge in [0.2, 0.25) is 6.04 Å². The van der Waals surface area contributed by atoms with Gasteiger partial charge in [-0.3, -0.25) is 0 Å². The lowest BCUT2D eigenvalue weighted by molar-refractivity contribution is -1.18. The summed E-state index contributed by atoms with van der Waals surface area (Å²) in [5, 5.41) is 0. The minimum Gasteiger partial charge on any atom is -0.305 e. The van der Waals surface area contributed by atoms with Crippen LogP contribution in [0, 0.1) is 0 Å². The van der Waals surface area contributed by atoms with Crippen LogP contribution in [0.15, 0.2) is 60.7 Å². The van der Waals surface area contributed by atoms with Crippen LogP contribution in [0.3, 0.4) is 0 Å². The van der Waals surface area contributed by atoms with Crippen molar-refractivity contribution in [2.75, 3.05) is 33.2 Å². The van der Waals surface area contributed by atoms with Crippen molar-refractivity contribution in [3.05, 3.63) is 71.8 Å². The van der Waals surface area contributed by atoms with Gasteiger partial charge in [0.1, 0.15) is 13.1 Å². The van der Waals surface area contributed by atoms with Gasteiger partial charge in [-0.1, -0.05) is 60.7 Å². The van der Waals surface area contributed by atoms with Crippen LogP contribution in [0.25, 0.3) is 0 Å². The predicted molar refractivity (Wildman–Crippen MR) is 85.4 cm³/mol. The van der Waals surface area contributed by atoms with Crippen LogP contribution in [-0.4, -0.2) is 42.4 Å². The molecule has 22 heavy (non-hydrogen) atoms. The molecular formula is C19H23FN2+2. The third-order valence-corrected chi connectivity index (χ3v) is 5.72. The largest absolute Gasteiger partial charge is 0.305 e. The maximum atomic E-state index is 15.7. The Morgan fingerprint density at radius 3 is 1.68 bits per heavy atom.